The Hall–Kier alpha value is -3.96. The molecule has 0 aliphatic carbocycles. The summed E-state index contributed by atoms with van der Waals surface area (Å²) in [7, 11) is 0. The van der Waals surface area contributed by atoms with Crippen LogP contribution in [-0.2, 0) is 13.0 Å². The number of benzene rings is 1. The molecule has 1 aromatic carbocycles. The number of nitrogens with two attached hydrogens (primary N) is 1. The largest absolute Gasteiger partial charge is 0.434 e. The van der Waals surface area contributed by atoms with Gasteiger partial charge in [0.05, 0.1) is 10.5 Å². The summed E-state index contributed by atoms with van der Waals surface area (Å²) in [5.74, 6) is 0.0254. The van der Waals surface area contributed by atoms with Crippen LogP contribution in [0, 0.1) is 18.3 Å². The van der Waals surface area contributed by atoms with Crippen LogP contribution < -0.4 is 11.1 Å². The van der Waals surface area contributed by atoms with E-state index in [-0.39, 0.29) is 23.9 Å². The van der Waals surface area contributed by atoms with Gasteiger partial charge in [-0.25, -0.2) is 9.97 Å². The molecular weight excluding hydrogens is 416 g/mol. The molecule has 4 aromatic rings. The van der Waals surface area contributed by atoms with Crippen molar-refractivity contribution in [3.63, 3.8) is 0 Å². The van der Waals surface area contributed by atoms with Crippen LogP contribution in [-0.4, -0.2) is 20.9 Å². The molecule has 0 atom stereocenters. The smallest absolute Gasteiger partial charge is 0.290 e. The number of fused-ring (bicyclic) bond motifs is 1. The Labute approximate surface area is 182 Å². The molecule has 0 unspecified atom stereocenters. The molecule has 3 heterocycles. The van der Waals surface area contributed by atoms with Crippen LogP contribution in [0.1, 0.15) is 39.0 Å². The van der Waals surface area contributed by atoms with Gasteiger partial charge in [-0.1, -0.05) is 23.7 Å². The van der Waals surface area contributed by atoms with Crippen molar-refractivity contribution < 1.29 is 9.21 Å². The number of aromatic nitrogens is 3. The fourth-order valence-electron chi connectivity index (χ4n) is 3.16. The summed E-state index contributed by atoms with van der Waals surface area (Å²) in [4.78, 5) is 25.2. The van der Waals surface area contributed by atoms with Gasteiger partial charge in [0, 0.05) is 30.2 Å². The lowest BCUT2D eigenvalue weighted by atomic mass is 10.1. The minimum atomic E-state index is -0.527. The van der Waals surface area contributed by atoms with Gasteiger partial charge in [-0.15, -0.1) is 0 Å². The number of hydrogen-bond donors (Lipinski definition) is 2. The Morgan fingerprint density at radius 2 is 2.10 bits per heavy atom. The second-order valence-electron chi connectivity index (χ2n) is 6.92. The van der Waals surface area contributed by atoms with Gasteiger partial charge in [0.1, 0.15) is 11.9 Å². The van der Waals surface area contributed by atoms with E-state index < -0.39 is 5.91 Å². The van der Waals surface area contributed by atoms with E-state index in [0.29, 0.717) is 23.0 Å². The third-order valence-electron chi connectivity index (χ3n) is 4.71. The molecule has 154 valence electrons. The van der Waals surface area contributed by atoms with E-state index in [2.05, 4.69) is 20.3 Å². The van der Waals surface area contributed by atoms with Gasteiger partial charge < -0.3 is 15.5 Å². The number of oxazole rings is 1. The lowest BCUT2D eigenvalue weighted by molar-refractivity contribution is 0.0921. The number of carbonyl (C=O) groups is 1. The zero-order chi connectivity index (χ0) is 22.0. The quantitative estimate of drug-likeness (QED) is 0.493. The number of aryl methyl sites for hydroxylation is 1. The average Bonchev–Trinajstić information content (AvgIpc) is 3.15. The maximum atomic E-state index is 12.6. The summed E-state index contributed by atoms with van der Waals surface area (Å²) >= 11 is 6.02. The second-order valence-corrected chi connectivity index (χ2v) is 7.35. The van der Waals surface area contributed by atoms with Crippen LogP contribution in [0.3, 0.4) is 0 Å². The normalized spacial score (nSPS) is 10.7. The summed E-state index contributed by atoms with van der Waals surface area (Å²) in [6.45, 7) is 2.02. The number of halogens is 1. The van der Waals surface area contributed by atoms with Crippen molar-refractivity contribution in [3.8, 4) is 6.07 Å². The Kier molecular flexibility index (Phi) is 5.52. The molecule has 0 aliphatic heterocycles. The number of anilines is 1. The monoisotopic (exact) mass is 432 g/mol. The standard InChI is InChI=1S/C22H17ClN6O2/c1-12-14(3-5-19(25)28-12)10-27-22(30)21-18(9-24)29-20(31-21)7-13-2-4-17-15(6-13)8-16(23)11-26-17/h2-6,8,11H,7,10H2,1H3,(H2,25,28)(H,27,30). The maximum Gasteiger partial charge on any atom is 0.290 e. The first-order valence-electron chi connectivity index (χ1n) is 9.37. The van der Waals surface area contributed by atoms with Crippen molar-refractivity contribution >= 4 is 34.2 Å². The van der Waals surface area contributed by atoms with E-state index in [1.165, 1.54) is 0 Å². The minimum absolute atomic E-state index is 0.0647. The van der Waals surface area contributed by atoms with Crippen molar-refractivity contribution in [1.29, 1.82) is 5.26 Å². The molecule has 31 heavy (non-hydrogen) atoms. The molecule has 9 heteroatoms. The molecule has 0 aliphatic rings. The molecule has 0 saturated heterocycles. The third kappa shape index (κ3) is 4.47. The van der Waals surface area contributed by atoms with E-state index in [1.54, 1.807) is 25.3 Å². The van der Waals surface area contributed by atoms with Crippen LogP contribution in [0.5, 0.6) is 0 Å². The average molecular weight is 433 g/mol. The van der Waals surface area contributed by atoms with Crippen molar-refractivity contribution in [2.24, 2.45) is 0 Å². The Morgan fingerprint density at radius 1 is 1.26 bits per heavy atom. The van der Waals surface area contributed by atoms with Crippen LogP contribution in [0.15, 0.2) is 47.0 Å². The van der Waals surface area contributed by atoms with Crippen LogP contribution in [0.4, 0.5) is 5.82 Å². The number of nitrogens with one attached hydrogen (secondary N) is 1. The Balaban J connectivity index is 1.52. The van der Waals surface area contributed by atoms with Gasteiger partial charge in [-0.3, -0.25) is 9.78 Å². The first-order chi connectivity index (χ1) is 14.9. The number of pyridine rings is 2. The maximum absolute atomic E-state index is 12.6. The first kappa shape index (κ1) is 20.3. The summed E-state index contributed by atoms with van der Waals surface area (Å²) in [5, 5.41) is 13.5. The van der Waals surface area contributed by atoms with Gasteiger partial charge >= 0.3 is 0 Å². The van der Waals surface area contributed by atoms with Crippen molar-refractivity contribution in [1.82, 2.24) is 20.3 Å². The zero-order valence-corrected chi connectivity index (χ0v) is 17.3. The fourth-order valence-corrected chi connectivity index (χ4v) is 3.33. The van der Waals surface area contributed by atoms with Crippen molar-refractivity contribution in [2.45, 2.75) is 19.9 Å². The van der Waals surface area contributed by atoms with E-state index in [0.717, 1.165) is 22.0 Å². The highest BCUT2D eigenvalue weighted by atomic mass is 35.5. The minimum Gasteiger partial charge on any atom is -0.434 e. The highest BCUT2D eigenvalue weighted by molar-refractivity contribution is 6.31. The number of nitrogens with zero attached hydrogens (tertiary/aromatic N) is 4. The zero-order valence-electron chi connectivity index (χ0n) is 16.5. The van der Waals surface area contributed by atoms with Crippen LogP contribution in [0.2, 0.25) is 5.02 Å². The van der Waals surface area contributed by atoms with Gasteiger partial charge in [0.25, 0.3) is 5.91 Å². The number of amides is 1. The highest BCUT2D eigenvalue weighted by Crippen LogP contribution is 2.21. The fraction of sp³-hybridized carbons (Fsp3) is 0.136. The number of nitriles is 1. The predicted octanol–water partition coefficient (Wildman–Crippen LogP) is 3.55. The highest BCUT2D eigenvalue weighted by Gasteiger charge is 2.20. The van der Waals surface area contributed by atoms with Crippen LogP contribution in [0.25, 0.3) is 10.9 Å². The van der Waals surface area contributed by atoms with Crippen molar-refractivity contribution in [3.05, 3.63) is 81.8 Å². The SMILES string of the molecule is Cc1nc(N)ccc1CNC(=O)c1oc(Cc2ccc3ncc(Cl)cc3c2)nc1C#N. The molecule has 0 fully saturated rings. The van der Waals surface area contributed by atoms with Gasteiger partial charge in [0.15, 0.2) is 5.69 Å². The molecule has 3 N–H and O–H groups in total. The van der Waals surface area contributed by atoms with E-state index in [4.69, 9.17) is 21.8 Å². The van der Waals surface area contributed by atoms with E-state index >= 15 is 0 Å². The van der Waals surface area contributed by atoms with Crippen molar-refractivity contribution in [2.75, 3.05) is 5.73 Å². The first-order valence-corrected chi connectivity index (χ1v) is 9.75. The number of hydrogen-bond acceptors (Lipinski definition) is 7. The third-order valence-corrected chi connectivity index (χ3v) is 4.91. The molecule has 3 aromatic heterocycles. The molecule has 1 amide bonds. The topological polar surface area (TPSA) is 131 Å². The number of carbonyl (C=O) groups excluding carboxylic acids is 1. The van der Waals surface area contributed by atoms with E-state index in [9.17, 15) is 10.1 Å². The molecule has 0 spiro atoms. The number of rotatable bonds is 5. The predicted molar refractivity (Wildman–Crippen MR) is 115 cm³/mol. The lowest BCUT2D eigenvalue weighted by Gasteiger charge is -2.07. The molecule has 4 rings (SSSR count). The molecule has 0 radical (unpaired) electrons. The Bertz CT molecular complexity index is 1340. The molecule has 8 nitrogen and oxygen atoms in total. The second kappa shape index (κ2) is 8.42. The van der Waals surface area contributed by atoms with Gasteiger partial charge in [-0.2, -0.15) is 5.26 Å². The lowest BCUT2D eigenvalue weighted by Crippen LogP contribution is -2.23. The molecule has 0 bridgehead atoms. The molecular formula is C22H17ClN6O2. The Morgan fingerprint density at radius 3 is 2.87 bits per heavy atom. The molecule has 0 saturated carbocycles. The summed E-state index contributed by atoms with van der Waals surface area (Å²) in [6.07, 6.45) is 1.90. The van der Waals surface area contributed by atoms with Crippen LogP contribution >= 0.6 is 11.6 Å². The van der Waals surface area contributed by atoms with Gasteiger partial charge in [0.2, 0.25) is 11.7 Å². The van der Waals surface area contributed by atoms with Gasteiger partial charge in [-0.05, 0) is 42.3 Å². The summed E-state index contributed by atoms with van der Waals surface area (Å²) in [5.41, 5.74) is 8.80. The summed E-state index contributed by atoms with van der Waals surface area (Å²) in [6, 6.07) is 12.8. The van der Waals surface area contributed by atoms with E-state index in [1.807, 2.05) is 30.3 Å². The number of nitrogen functional groups attached to an aromatic ring is 1. The summed E-state index contributed by atoms with van der Waals surface area (Å²) < 4.78 is 5.62.